The van der Waals surface area contributed by atoms with Crippen LogP contribution in [0.5, 0.6) is 23.0 Å². The molecule has 0 radical (unpaired) electrons. The summed E-state index contributed by atoms with van der Waals surface area (Å²) in [5, 5.41) is 0. The van der Waals surface area contributed by atoms with E-state index in [2.05, 4.69) is 68.4 Å². The van der Waals surface area contributed by atoms with Gasteiger partial charge in [-0.15, -0.1) is 0 Å². The maximum absolute atomic E-state index is 6.91. The smallest absolute Gasteiger partial charge is 0.181 e. The molecule has 0 saturated carbocycles. The second-order valence-corrected chi connectivity index (χ2v) is 12.4. The molecule has 0 bridgehead atoms. The van der Waals surface area contributed by atoms with E-state index in [1.165, 1.54) is 16.7 Å². The molecule has 7 aromatic rings. The standard InChI is InChI=1S/C42H29N3O2/c1-42(2)32-22-12-11-20-30(32)36-33(42)24-25-35-38(36)47-37-31(21-13-23-34(37)46-35)41-44-39(27-16-7-4-8-17-27)43-40(45-41)29-19-10-9-18-28(29)26-14-5-3-6-15-26/h3-25H,1-2H3. The molecule has 2 heterocycles. The van der Waals surface area contributed by atoms with E-state index in [-0.39, 0.29) is 5.41 Å². The zero-order valence-electron chi connectivity index (χ0n) is 25.9. The van der Waals surface area contributed by atoms with Crippen LogP contribution in [0.1, 0.15) is 25.0 Å². The summed E-state index contributed by atoms with van der Waals surface area (Å²) in [4.78, 5) is 15.2. The average molecular weight is 608 g/mol. The summed E-state index contributed by atoms with van der Waals surface area (Å²) >= 11 is 0. The minimum atomic E-state index is -0.163. The van der Waals surface area contributed by atoms with Crippen molar-refractivity contribution in [1.29, 1.82) is 0 Å². The van der Waals surface area contributed by atoms with E-state index in [1.54, 1.807) is 0 Å². The molecule has 0 amide bonds. The van der Waals surface area contributed by atoms with Crippen LogP contribution in [0.4, 0.5) is 0 Å². The molecule has 1 aliphatic carbocycles. The van der Waals surface area contributed by atoms with Gasteiger partial charge >= 0.3 is 0 Å². The van der Waals surface area contributed by atoms with E-state index in [9.17, 15) is 0 Å². The van der Waals surface area contributed by atoms with E-state index in [4.69, 9.17) is 24.4 Å². The quantitative estimate of drug-likeness (QED) is 0.199. The highest BCUT2D eigenvalue weighted by molar-refractivity contribution is 5.89. The molecule has 2 aliphatic rings. The number of ether oxygens (including phenoxy) is 2. The molecule has 0 saturated heterocycles. The number of aromatic nitrogens is 3. The topological polar surface area (TPSA) is 57.1 Å². The van der Waals surface area contributed by atoms with E-state index in [0.717, 1.165) is 33.4 Å². The molecule has 0 fully saturated rings. The molecule has 1 aliphatic heterocycles. The summed E-state index contributed by atoms with van der Waals surface area (Å²) < 4.78 is 13.5. The fraction of sp³-hybridized carbons (Fsp3) is 0.0714. The Morgan fingerprint density at radius 3 is 1.74 bits per heavy atom. The Kier molecular flexibility index (Phi) is 6.09. The zero-order chi connectivity index (χ0) is 31.5. The van der Waals surface area contributed by atoms with Crippen LogP contribution in [0.2, 0.25) is 0 Å². The lowest BCUT2D eigenvalue weighted by atomic mass is 9.82. The molecular formula is C42H29N3O2. The molecule has 1 aromatic heterocycles. The van der Waals surface area contributed by atoms with Crippen molar-refractivity contribution in [2.24, 2.45) is 0 Å². The van der Waals surface area contributed by atoms with Gasteiger partial charge in [0.2, 0.25) is 0 Å². The van der Waals surface area contributed by atoms with Crippen LogP contribution >= 0.6 is 0 Å². The predicted octanol–water partition coefficient (Wildman–Crippen LogP) is 10.7. The van der Waals surface area contributed by atoms with Gasteiger partial charge in [-0.3, -0.25) is 0 Å². The number of hydrogen-bond acceptors (Lipinski definition) is 5. The Morgan fingerprint density at radius 1 is 0.404 bits per heavy atom. The first-order valence-corrected chi connectivity index (χ1v) is 15.8. The van der Waals surface area contributed by atoms with Gasteiger partial charge in [0.1, 0.15) is 0 Å². The third kappa shape index (κ3) is 4.35. The maximum Gasteiger partial charge on any atom is 0.181 e. The lowest BCUT2D eigenvalue weighted by molar-refractivity contribution is 0.361. The van der Waals surface area contributed by atoms with Crippen molar-refractivity contribution >= 4 is 0 Å². The number of benzene rings is 6. The molecule has 0 atom stereocenters. The van der Waals surface area contributed by atoms with Crippen LogP contribution in [0, 0.1) is 0 Å². The van der Waals surface area contributed by atoms with Gasteiger partial charge in [0.05, 0.1) is 5.56 Å². The fourth-order valence-electron chi connectivity index (χ4n) is 6.90. The summed E-state index contributed by atoms with van der Waals surface area (Å²) in [6.45, 7) is 4.52. The molecule has 47 heavy (non-hydrogen) atoms. The third-order valence-electron chi connectivity index (χ3n) is 9.23. The van der Waals surface area contributed by atoms with Crippen molar-refractivity contribution in [2.75, 3.05) is 0 Å². The van der Waals surface area contributed by atoms with Gasteiger partial charge in [-0.1, -0.05) is 135 Å². The van der Waals surface area contributed by atoms with Crippen molar-refractivity contribution in [3.05, 3.63) is 151 Å². The number of nitrogens with zero attached hydrogens (tertiary/aromatic N) is 3. The second kappa shape index (κ2) is 10.5. The first kappa shape index (κ1) is 27.3. The van der Waals surface area contributed by atoms with Crippen molar-refractivity contribution in [3.8, 4) is 79.4 Å². The average Bonchev–Trinajstić information content (AvgIpc) is 3.37. The monoisotopic (exact) mass is 607 g/mol. The first-order valence-electron chi connectivity index (χ1n) is 15.8. The van der Waals surface area contributed by atoms with Gasteiger partial charge in [-0.25, -0.2) is 15.0 Å². The van der Waals surface area contributed by atoms with Crippen molar-refractivity contribution in [1.82, 2.24) is 15.0 Å². The van der Waals surface area contributed by atoms with E-state index in [1.807, 2.05) is 84.9 Å². The Morgan fingerprint density at radius 2 is 0.979 bits per heavy atom. The van der Waals surface area contributed by atoms with Crippen molar-refractivity contribution in [3.63, 3.8) is 0 Å². The molecule has 0 spiro atoms. The Bertz CT molecular complexity index is 2330. The minimum Gasteiger partial charge on any atom is -0.449 e. The molecule has 224 valence electrons. The van der Waals surface area contributed by atoms with E-state index in [0.29, 0.717) is 40.5 Å². The molecule has 5 nitrogen and oxygen atoms in total. The molecular weight excluding hydrogens is 578 g/mol. The fourth-order valence-corrected chi connectivity index (χ4v) is 6.90. The minimum absolute atomic E-state index is 0.163. The summed E-state index contributed by atoms with van der Waals surface area (Å²) in [6.07, 6.45) is 0. The van der Waals surface area contributed by atoms with E-state index < -0.39 is 0 Å². The van der Waals surface area contributed by atoms with Gasteiger partial charge in [-0.05, 0) is 46.0 Å². The van der Waals surface area contributed by atoms with Gasteiger partial charge in [-0.2, -0.15) is 0 Å². The van der Waals surface area contributed by atoms with E-state index >= 15 is 0 Å². The number of hydrogen-bond donors (Lipinski definition) is 0. The van der Waals surface area contributed by atoms with Crippen LogP contribution < -0.4 is 9.47 Å². The summed E-state index contributed by atoms with van der Waals surface area (Å²) in [5.74, 6) is 4.29. The van der Waals surface area contributed by atoms with Gasteiger partial charge in [0.15, 0.2) is 40.5 Å². The molecule has 9 rings (SSSR count). The normalized spacial score (nSPS) is 13.4. The molecule has 5 heteroatoms. The maximum atomic E-state index is 6.91. The Hall–Kier alpha value is -6.07. The Labute approximate surface area is 273 Å². The van der Waals surface area contributed by atoms with Crippen molar-refractivity contribution < 1.29 is 9.47 Å². The highest BCUT2D eigenvalue weighted by Crippen LogP contribution is 2.59. The highest BCUT2D eigenvalue weighted by Gasteiger charge is 2.40. The summed E-state index contributed by atoms with van der Waals surface area (Å²) in [5.41, 5.74) is 9.26. The summed E-state index contributed by atoms with van der Waals surface area (Å²) in [6, 6.07) is 47.2. The van der Waals surface area contributed by atoms with Crippen LogP contribution in [-0.4, -0.2) is 15.0 Å². The van der Waals surface area contributed by atoms with Crippen LogP contribution in [0.15, 0.2) is 140 Å². The molecule has 0 unspecified atom stereocenters. The first-order chi connectivity index (χ1) is 23.1. The van der Waals surface area contributed by atoms with Crippen molar-refractivity contribution in [2.45, 2.75) is 19.3 Å². The SMILES string of the molecule is CC1(C)c2ccccc2-c2c1ccc1c2Oc2c(cccc2-c2nc(-c3ccccc3)nc(-c3ccccc3-c3ccccc3)n2)O1. The second-order valence-electron chi connectivity index (χ2n) is 12.4. The molecule has 0 N–H and O–H groups in total. The molecule has 6 aromatic carbocycles. The van der Waals surface area contributed by atoms with Gasteiger partial charge < -0.3 is 9.47 Å². The number of fused-ring (bicyclic) bond motifs is 6. The summed E-state index contributed by atoms with van der Waals surface area (Å²) in [7, 11) is 0. The third-order valence-corrected chi connectivity index (χ3v) is 9.23. The largest absolute Gasteiger partial charge is 0.449 e. The van der Waals surface area contributed by atoms with Crippen LogP contribution in [0.3, 0.4) is 0 Å². The lowest BCUT2D eigenvalue weighted by Gasteiger charge is -2.26. The Balaban J connectivity index is 1.24. The lowest BCUT2D eigenvalue weighted by Crippen LogP contribution is -2.15. The highest BCUT2D eigenvalue weighted by atomic mass is 16.6. The predicted molar refractivity (Wildman–Crippen MR) is 186 cm³/mol. The number of rotatable bonds is 4. The van der Waals surface area contributed by atoms with Gasteiger partial charge in [0, 0.05) is 22.1 Å². The van der Waals surface area contributed by atoms with Gasteiger partial charge in [0.25, 0.3) is 0 Å². The van der Waals surface area contributed by atoms with Crippen LogP contribution in [-0.2, 0) is 5.41 Å². The van der Waals surface area contributed by atoms with Crippen LogP contribution in [0.25, 0.3) is 56.4 Å². The zero-order valence-corrected chi connectivity index (χ0v) is 25.9. The number of para-hydroxylation sites is 1.